The first-order valence-corrected chi connectivity index (χ1v) is 9.46. The number of nitrogens with one attached hydrogen (secondary N) is 2. The normalized spacial score (nSPS) is 28.5. The average molecular weight is 326 g/mol. The highest BCUT2D eigenvalue weighted by Crippen LogP contribution is 2.44. The Hall–Kier alpha value is -0.720. The van der Waals surface area contributed by atoms with Gasteiger partial charge in [-0.05, 0) is 36.8 Å². The Morgan fingerprint density at radius 2 is 2.38 bits per heavy atom. The van der Waals surface area contributed by atoms with Crippen LogP contribution in [0.2, 0.25) is 0 Å². The van der Waals surface area contributed by atoms with E-state index >= 15 is 0 Å². The summed E-state index contributed by atoms with van der Waals surface area (Å²) in [5.74, 6) is 0. The predicted octanol–water partition coefficient (Wildman–Crippen LogP) is 3.07. The molecule has 0 saturated carbocycles. The van der Waals surface area contributed by atoms with E-state index < -0.39 is 0 Å². The van der Waals surface area contributed by atoms with E-state index in [4.69, 9.17) is 0 Å². The summed E-state index contributed by atoms with van der Waals surface area (Å²) in [5, 5.41) is 9.53. The zero-order valence-electron chi connectivity index (χ0n) is 12.6. The SMILES string of the molecule is CCNC(=O)N1CCC(NC2C[C@H](C)Sc3sccc32)C1. The lowest BCUT2D eigenvalue weighted by Gasteiger charge is -2.30. The van der Waals surface area contributed by atoms with Gasteiger partial charge >= 0.3 is 6.03 Å². The molecule has 116 valence electrons. The quantitative estimate of drug-likeness (QED) is 0.898. The van der Waals surface area contributed by atoms with Gasteiger partial charge in [0.25, 0.3) is 0 Å². The van der Waals surface area contributed by atoms with Crippen molar-refractivity contribution >= 4 is 29.1 Å². The molecule has 2 amide bonds. The molecule has 0 aromatic carbocycles. The first-order valence-electron chi connectivity index (χ1n) is 7.70. The molecule has 2 unspecified atom stereocenters. The number of hydrogen-bond donors (Lipinski definition) is 2. The van der Waals surface area contributed by atoms with Gasteiger partial charge in [0.2, 0.25) is 0 Å². The van der Waals surface area contributed by atoms with Crippen molar-refractivity contribution < 1.29 is 4.79 Å². The van der Waals surface area contributed by atoms with Crippen molar-refractivity contribution in [2.24, 2.45) is 0 Å². The number of amides is 2. The van der Waals surface area contributed by atoms with Crippen LogP contribution in [0.15, 0.2) is 15.7 Å². The lowest BCUT2D eigenvalue weighted by atomic mass is 10.0. The molecule has 0 spiro atoms. The topological polar surface area (TPSA) is 44.4 Å². The van der Waals surface area contributed by atoms with E-state index in [2.05, 4.69) is 29.0 Å². The third-order valence-corrected chi connectivity index (χ3v) is 6.49. The third kappa shape index (κ3) is 3.38. The monoisotopic (exact) mass is 325 g/mol. The highest BCUT2D eigenvalue weighted by Gasteiger charge is 2.31. The lowest BCUT2D eigenvalue weighted by Crippen LogP contribution is -2.42. The summed E-state index contributed by atoms with van der Waals surface area (Å²) in [6.45, 7) is 6.64. The zero-order chi connectivity index (χ0) is 14.8. The smallest absolute Gasteiger partial charge is 0.317 e. The zero-order valence-corrected chi connectivity index (χ0v) is 14.2. The molecule has 2 aliphatic rings. The van der Waals surface area contributed by atoms with Crippen LogP contribution in [0.3, 0.4) is 0 Å². The lowest BCUT2D eigenvalue weighted by molar-refractivity contribution is 0.208. The summed E-state index contributed by atoms with van der Waals surface area (Å²) in [5.41, 5.74) is 1.46. The first kappa shape index (κ1) is 15.2. The van der Waals surface area contributed by atoms with Crippen LogP contribution in [0.4, 0.5) is 4.79 Å². The van der Waals surface area contributed by atoms with E-state index in [0.29, 0.717) is 23.9 Å². The molecule has 1 saturated heterocycles. The van der Waals surface area contributed by atoms with Gasteiger partial charge < -0.3 is 15.5 Å². The molecule has 2 N–H and O–H groups in total. The number of rotatable bonds is 3. The fourth-order valence-electron chi connectivity index (χ4n) is 3.14. The maximum atomic E-state index is 11.9. The fourth-order valence-corrected chi connectivity index (χ4v) is 5.70. The summed E-state index contributed by atoms with van der Waals surface area (Å²) in [7, 11) is 0. The molecule has 3 atom stereocenters. The minimum Gasteiger partial charge on any atom is -0.338 e. The van der Waals surface area contributed by atoms with Gasteiger partial charge in [-0.3, -0.25) is 0 Å². The minimum absolute atomic E-state index is 0.0746. The van der Waals surface area contributed by atoms with Crippen molar-refractivity contribution in [2.75, 3.05) is 19.6 Å². The number of urea groups is 1. The predicted molar refractivity (Wildman–Crippen MR) is 89.2 cm³/mol. The molecule has 2 aliphatic heterocycles. The first-order chi connectivity index (χ1) is 10.2. The van der Waals surface area contributed by atoms with E-state index in [0.717, 1.165) is 19.5 Å². The van der Waals surface area contributed by atoms with Crippen molar-refractivity contribution in [3.63, 3.8) is 0 Å². The van der Waals surface area contributed by atoms with Crippen molar-refractivity contribution in [3.05, 3.63) is 17.0 Å². The van der Waals surface area contributed by atoms with Crippen LogP contribution in [-0.2, 0) is 0 Å². The summed E-state index contributed by atoms with van der Waals surface area (Å²) in [6.07, 6.45) is 2.22. The van der Waals surface area contributed by atoms with Gasteiger partial charge in [0.05, 0.1) is 4.21 Å². The number of nitrogens with zero attached hydrogens (tertiary/aromatic N) is 1. The number of carbonyl (C=O) groups excluding carboxylic acids is 1. The second-order valence-electron chi connectivity index (χ2n) is 5.81. The number of thiophene rings is 1. The summed E-state index contributed by atoms with van der Waals surface area (Å²) >= 11 is 3.85. The molecule has 3 heterocycles. The summed E-state index contributed by atoms with van der Waals surface area (Å²) in [6, 6.07) is 3.19. The molecule has 4 nitrogen and oxygen atoms in total. The van der Waals surface area contributed by atoms with Crippen LogP contribution in [0.25, 0.3) is 0 Å². The highest BCUT2D eigenvalue weighted by molar-refractivity contribution is 8.01. The van der Waals surface area contributed by atoms with Crippen molar-refractivity contribution in [2.45, 2.75) is 48.2 Å². The van der Waals surface area contributed by atoms with E-state index in [-0.39, 0.29) is 6.03 Å². The van der Waals surface area contributed by atoms with Gasteiger partial charge in [-0.1, -0.05) is 6.92 Å². The highest BCUT2D eigenvalue weighted by atomic mass is 32.2. The molecule has 0 aliphatic carbocycles. The van der Waals surface area contributed by atoms with E-state index in [1.807, 2.05) is 34.9 Å². The molecule has 1 fully saturated rings. The van der Waals surface area contributed by atoms with Crippen molar-refractivity contribution in [1.82, 2.24) is 15.5 Å². The number of thioether (sulfide) groups is 1. The van der Waals surface area contributed by atoms with Crippen LogP contribution in [0.1, 0.15) is 38.3 Å². The van der Waals surface area contributed by atoms with Crippen molar-refractivity contribution in [3.8, 4) is 0 Å². The molecule has 21 heavy (non-hydrogen) atoms. The van der Waals surface area contributed by atoms with Gasteiger partial charge in [0.1, 0.15) is 0 Å². The standard InChI is InChI=1S/C15H23N3OS2/c1-3-16-15(19)18-6-4-11(9-18)17-13-8-10(2)21-14-12(13)5-7-20-14/h5,7,10-11,13,17H,3-4,6,8-9H2,1-2H3,(H,16,19)/t10-,11?,13?/m0/s1. The summed E-state index contributed by atoms with van der Waals surface area (Å²) in [4.78, 5) is 13.8. The van der Waals surface area contributed by atoms with Gasteiger partial charge in [-0.25, -0.2) is 4.79 Å². The Labute approximate surface area is 134 Å². The van der Waals surface area contributed by atoms with Gasteiger partial charge in [-0.2, -0.15) is 0 Å². The Balaban J connectivity index is 1.60. The molecular weight excluding hydrogens is 302 g/mol. The van der Waals surface area contributed by atoms with E-state index in [1.54, 1.807) is 0 Å². The van der Waals surface area contributed by atoms with Crippen LogP contribution in [0.5, 0.6) is 0 Å². The van der Waals surface area contributed by atoms with Gasteiger partial charge in [0.15, 0.2) is 0 Å². The van der Waals surface area contributed by atoms with Crippen molar-refractivity contribution in [1.29, 1.82) is 0 Å². The maximum Gasteiger partial charge on any atom is 0.317 e. The number of likely N-dealkylation sites (tertiary alicyclic amines) is 1. The van der Waals surface area contributed by atoms with Gasteiger partial charge in [-0.15, -0.1) is 23.1 Å². The average Bonchev–Trinajstić information content (AvgIpc) is 3.07. The molecule has 0 bridgehead atoms. The largest absolute Gasteiger partial charge is 0.338 e. The molecule has 6 heteroatoms. The minimum atomic E-state index is 0.0746. The van der Waals surface area contributed by atoms with Crippen LogP contribution in [0, 0.1) is 0 Å². The molecule has 1 aromatic rings. The second kappa shape index (κ2) is 6.58. The number of hydrogen-bond acceptors (Lipinski definition) is 4. The number of fused-ring (bicyclic) bond motifs is 1. The molecule has 0 radical (unpaired) electrons. The Kier molecular flexibility index (Phi) is 4.76. The Morgan fingerprint density at radius 1 is 1.52 bits per heavy atom. The molecule has 3 rings (SSSR count). The second-order valence-corrected chi connectivity index (χ2v) is 8.44. The van der Waals surface area contributed by atoms with Crippen LogP contribution >= 0.6 is 23.1 Å². The number of carbonyl (C=O) groups is 1. The van der Waals surface area contributed by atoms with Crippen LogP contribution < -0.4 is 10.6 Å². The summed E-state index contributed by atoms with van der Waals surface area (Å²) < 4.78 is 1.46. The van der Waals surface area contributed by atoms with Gasteiger partial charge in [0, 0.05) is 37.0 Å². The Morgan fingerprint density at radius 3 is 3.19 bits per heavy atom. The van der Waals surface area contributed by atoms with Crippen LogP contribution in [-0.4, -0.2) is 41.9 Å². The van der Waals surface area contributed by atoms with E-state index in [1.165, 1.54) is 16.2 Å². The van der Waals surface area contributed by atoms with E-state index in [9.17, 15) is 4.79 Å². The third-order valence-electron chi connectivity index (χ3n) is 4.15. The fraction of sp³-hybridized carbons (Fsp3) is 0.667. The molecular formula is C15H23N3OS2. The maximum absolute atomic E-state index is 11.9. The Bertz CT molecular complexity index is 505. The molecule has 1 aromatic heterocycles.